The number of carbonyl (C=O) groups is 1. The summed E-state index contributed by atoms with van der Waals surface area (Å²) in [5, 5.41) is 0.651. The third kappa shape index (κ3) is 5.53. The number of halogens is 1. The molecular formula is C22H27ClN2O4S. The molecule has 8 heteroatoms. The normalized spacial score (nSPS) is 20.6. The van der Waals surface area contributed by atoms with Crippen molar-refractivity contribution in [1.82, 2.24) is 9.62 Å². The van der Waals surface area contributed by atoms with E-state index in [1.807, 2.05) is 61.5 Å². The quantitative estimate of drug-likeness (QED) is 0.602. The summed E-state index contributed by atoms with van der Waals surface area (Å²) in [6.45, 7) is 2.81. The molecule has 1 saturated heterocycles. The number of rotatable bonds is 8. The molecule has 2 aromatic carbocycles. The molecule has 1 aliphatic heterocycles. The van der Waals surface area contributed by atoms with Crippen LogP contribution in [0.25, 0.3) is 0 Å². The Hall–Kier alpha value is -2.09. The van der Waals surface area contributed by atoms with Crippen molar-refractivity contribution in [3.8, 4) is 0 Å². The van der Waals surface area contributed by atoms with E-state index in [2.05, 4.69) is 4.72 Å². The SMILES string of the molecule is C[C@@H](c1ccc(Cl)cc1)N1CCC(CCCNS(C)(=O)=O)(c2ccccc2)OC1=O. The minimum absolute atomic E-state index is 0.143. The molecule has 162 valence electrons. The smallest absolute Gasteiger partial charge is 0.411 e. The van der Waals surface area contributed by atoms with Crippen molar-refractivity contribution in [2.75, 3.05) is 19.3 Å². The molecule has 1 heterocycles. The Morgan fingerprint density at radius 3 is 2.43 bits per heavy atom. The molecule has 1 amide bonds. The van der Waals surface area contributed by atoms with E-state index in [9.17, 15) is 13.2 Å². The van der Waals surface area contributed by atoms with Crippen LogP contribution in [-0.4, -0.2) is 38.8 Å². The Labute approximate surface area is 183 Å². The van der Waals surface area contributed by atoms with Crippen LogP contribution in [0.1, 0.15) is 43.4 Å². The number of hydrogen-bond donors (Lipinski definition) is 1. The molecule has 0 radical (unpaired) electrons. The molecule has 2 aromatic rings. The zero-order chi connectivity index (χ0) is 21.8. The summed E-state index contributed by atoms with van der Waals surface area (Å²) in [4.78, 5) is 14.7. The Kier molecular flexibility index (Phi) is 7.06. The summed E-state index contributed by atoms with van der Waals surface area (Å²) >= 11 is 5.98. The second-order valence-electron chi connectivity index (χ2n) is 7.67. The average molecular weight is 451 g/mol. The van der Waals surface area contributed by atoms with Crippen molar-refractivity contribution < 1.29 is 17.9 Å². The van der Waals surface area contributed by atoms with E-state index in [4.69, 9.17) is 16.3 Å². The van der Waals surface area contributed by atoms with Gasteiger partial charge in [-0.2, -0.15) is 0 Å². The number of hydrogen-bond acceptors (Lipinski definition) is 4. The lowest BCUT2D eigenvalue weighted by Crippen LogP contribution is -2.49. The van der Waals surface area contributed by atoms with Crippen molar-refractivity contribution in [1.29, 1.82) is 0 Å². The zero-order valence-corrected chi connectivity index (χ0v) is 18.7. The first-order valence-electron chi connectivity index (χ1n) is 9.95. The van der Waals surface area contributed by atoms with Gasteiger partial charge in [-0.15, -0.1) is 0 Å². The van der Waals surface area contributed by atoms with E-state index in [0.29, 0.717) is 37.4 Å². The maximum Gasteiger partial charge on any atom is 0.411 e. The van der Waals surface area contributed by atoms with E-state index < -0.39 is 15.6 Å². The van der Waals surface area contributed by atoms with Crippen LogP contribution in [0.2, 0.25) is 5.02 Å². The standard InChI is InChI=1S/C22H27ClN2O4S/c1-17(18-9-11-20(23)12-10-18)25-16-14-22(29-21(25)26,19-7-4-3-5-8-19)13-6-15-24-30(2,27)28/h3-5,7-12,17,24H,6,13-16H2,1-2H3/t17-,22?/m0/s1. The van der Waals surface area contributed by atoms with Gasteiger partial charge in [0, 0.05) is 24.5 Å². The van der Waals surface area contributed by atoms with Gasteiger partial charge < -0.3 is 9.64 Å². The van der Waals surface area contributed by atoms with Crippen LogP contribution < -0.4 is 4.72 Å². The van der Waals surface area contributed by atoms with E-state index in [1.54, 1.807) is 4.90 Å². The predicted molar refractivity (Wildman–Crippen MR) is 118 cm³/mol. The molecule has 30 heavy (non-hydrogen) atoms. The molecule has 2 atom stereocenters. The highest BCUT2D eigenvalue weighted by Gasteiger charge is 2.43. The summed E-state index contributed by atoms with van der Waals surface area (Å²) in [6.07, 6.45) is 2.48. The van der Waals surface area contributed by atoms with Gasteiger partial charge in [0.25, 0.3) is 0 Å². The van der Waals surface area contributed by atoms with Crippen molar-refractivity contribution in [3.63, 3.8) is 0 Å². The van der Waals surface area contributed by atoms with Crippen LogP contribution in [0.15, 0.2) is 54.6 Å². The fraction of sp³-hybridized carbons (Fsp3) is 0.409. The maximum absolute atomic E-state index is 13.0. The van der Waals surface area contributed by atoms with Crippen LogP contribution in [-0.2, 0) is 20.4 Å². The molecule has 0 aromatic heterocycles. The third-order valence-electron chi connectivity index (χ3n) is 5.52. The van der Waals surface area contributed by atoms with Gasteiger partial charge >= 0.3 is 6.09 Å². The van der Waals surface area contributed by atoms with Gasteiger partial charge in [0.15, 0.2) is 0 Å². The number of ether oxygens (including phenoxy) is 1. The molecule has 1 aliphatic rings. The van der Waals surface area contributed by atoms with Crippen molar-refractivity contribution in [2.45, 2.75) is 37.8 Å². The molecule has 3 rings (SSSR count). The summed E-state index contributed by atoms with van der Waals surface area (Å²) in [5.74, 6) is 0. The first kappa shape index (κ1) is 22.6. The van der Waals surface area contributed by atoms with Gasteiger partial charge in [-0.25, -0.2) is 17.9 Å². The lowest BCUT2D eigenvalue weighted by molar-refractivity contribution is -0.0662. The minimum atomic E-state index is -3.25. The average Bonchev–Trinajstić information content (AvgIpc) is 2.71. The van der Waals surface area contributed by atoms with E-state index in [-0.39, 0.29) is 12.1 Å². The highest BCUT2D eigenvalue weighted by atomic mass is 35.5. The number of cyclic esters (lactones) is 1. The van der Waals surface area contributed by atoms with Gasteiger partial charge in [0.1, 0.15) is 5.60 Å². The maximum atomic E-state index is 13.0. The molecule has 1 fully saturated rings. The van der Waals surface area contributed by atoms with E-state index >= 15 is 0 Å². The van der Waals surface area contributed by atoms with Crippen LogP contribution in [0, 0.1) is 0 Å². The Balaban J connectivity index is 1.75. The molecule has 0 aliphatic carbocycles. The largest absolute Gasteiger partial charge is 0.438 e. The van der Waals surface area contributed by atoms with Crippen LogP contribution in [0.3, 0.4) is 0 Å². The Bertz CT molecular complexity index is 966. The summed E-state index contributed by atoms with van der Waals surface area (Å²) < 4.78 is 31.3. The highest BCUT2D eigenvalue weighted by Crippen LogP contribution is 2.40. The summed E-state index contributed by atoms with van der Waals surface area (Å²) in [6, 6.07) is 17.0. The van der Waals surface area contributed by atoms with E-state index in [1.165, 1.54) is 0 Å². The molecule has 6 nitrogen and oxygen atoms in total. The van der Waals surface area contributed by atoms with Crippen LogP contribution in [0.5, 0.6) is 0 Å². The number of benzene rings is 2. The van der Waals surface area contributed by atoms with Crippen molar-refractivity contribution in [3.05, 3.63) is 70.7 Å². The monoisotopic (exact) mass is 450 g/mol. The number of amides is 1. The fourth-order valence-electron chi connectivity index (χ4n) is 3.84. The highest BCUT2D eigenvalue weighted by molar-refractivity contribution is 7.88. The van der Waals surface area contributed by atoms with Gasteiger partial charge in [-0.1, -0.05) is 54.1 Å². The predicted octanol–water partition coefficient (Wildman–Crippen LogP) is 4.47. The zero-order valence-electron chi connectivity index (χ0n) is 17.2. The molecule has 1 unspecified atom stereocenters. The van der Waals surface area contributed by atoms with Gasteiger partial charge in [-0.05, 0) is 43.0 Å². The minimum Gasteiger partial charge on any atom is -0.438 e. The molecule has 0 spiro atoms. The third-order valence-corrected chi connectivity index (χ3v) is 6.50. The lowest BCUT2D eigenvalue weighted by atomic mass is 9.84. The van der Waals surface area contributed by atoms with E-state index in [0.717, 1.165) is 17.4 Å². The summed E-state index contributed by atoms with van der Waals surface area (Å²) in [5.41, 5.74) is 1.14. The van der Waals surface area contributed by atoms with Gasteiger partial charge in [0.2, 0.25) is 10.0 Å². The fourth-order valence-corrected chi connectivity index (χ4v) is 4.48. The number of nitrogens with one attached hydrogen (secondary N) is 1. The van der Waals surface area contributed by atoms with Crippen molar-refractivity contribution in [2.24, 2.45) is 0 Å². The number of carbonyl (C=O) groups excluding carboxylic acids is 1. The molecule has 0 saturated carbocycles. The first-order valence-corrected chi connectivity index (χ1v) is 12.2. The number of nitrogens with zero attached hydrogens (tertiary/aromatic N) is 1. The Morgan fingerprint density at radius 1 is 1.17 bits per heavy atom. The second-order valence-corrected chi connectivity index (χ2v) is 9.94. The topological polar surface area (TPSA) is 75.7 Å². The van der Waals surface area contributed by atoms with Crippen LogP contribution in [0.4, 0.5) is 4.79 Å². The number of sulfonamides is 1. The first-order chi connectivity index (χ1) is 14.2. The van der Waals surface area contributed by atoms with Crippen LogP contribution >= 0.6 is 11.6 Å². The lowest BCUT2D eigenvalue weighted by Gasteiger charge is -2.43. The Morgan fingerprint density at radius 2 is 1.83 bits per heavy atom. The second kappa shape index (κ2) is 9.37. The van der Waals surface area contributed by atoms with Gasteiger partial charge in [0.05, 0.1) is 12.3 Å². The molecule has 1 N–H and O–H groups in total. The molecular weight excluding hydrogens is 424 g/mol. The van der Waals surface area contributed by atoms with Crippen molar-refractivity contribution >= 4 is 27.7 Å². The van der Waals surface area contributed by atoms with Gasteiger partial charge in [-0.3, -0.25) is 0 Å². The molecule has 0 bridgehead atoms. The summed E-state index contributed by atoms with van der Waals surface area (Å²) in [7, 11) is -3.25.